The molecule has 1 aliphatic rings. The molecule has 0 aromatic carbocycles. The molecule has 1 fully saturated rings. The first-order valence-corrected chi connectivity index (χ1v) is 7.51. The molecule has 16 heavy (non-hydrogen) atoms. The van der Waals surface area contributed by atoms with Crippen LogP contribution in [0.2, 0.25) is 0 Å². The van der Waals surface area contributed by atoms with Crippen molar-refractivity contribution in [3.05, 3.63) is 0 Å². The van der Waals surface area contributed by atoms with Crippen LogP contribution in [-0.4, -0.2) is 41.6 Å². The fraction of sp³-hybridized carbons (Fsp3) is 0.917. The van der Waals surface area contributed by atoms with Crippen molar-refractivity contribution in [2.45, 2.75) is 45.8 Å². The van der Waals surface area contributed by atoms with E-state index in [2.05, 4.69) is 32.3 Å². The molecule has 94 valence electrons. The molecule has 0 aliphatic carbocycles. The van der Waals surface area contributed by atoms with Crippen LogP contribution in [0.3, 0.4) is 0 Å². The van der Waals surface area contributed by atoms with Gasteiger partial charge >= 0.3 is 0 Å². The van der Waals surface area contributed by atoms with Crippen molar-refractivity contribution >= 4 is 17.7 Å². The first-order valence-electron chi connectivity index (χ1n) is 6.11. The van der Waals surface area contributed by atoms with Crippen molar-refractivity contribution in [1.29, 1.82) is 0 Å². The van der Waals surface area contributed by atoms with Gasteiger partial charge in [-0.25, -0.2) is 0 Å². The number of hydrogen-bond donors (Lipinski definition) is 1. The molecule has 4 heteroatoms. The smallest absolute Gasteiger partial charge is 0.241 e. The molecule has 2 unspecified atom stereocenters. The second-order valence-electron chi connectivity index (χ2n) is 4.90. The topological polar surface area (TPSA) is 32.3 Å². The van der Waals surface area contributed by atoms with Crippen LogP contribution in [0.25, 0.3) is 0 Å². The molecular weight excluding hydrogens is 220 g/mol. The lowest BCUT2D eigenvalue weighted by molar-refractivity contribution is -0.130. The van der Waals surface area contributed by atoms with Gasteiger partial charge in [-0.05, 0) is 37.7 Å². The maximum Gasteiger partial charge on any atom is 0.241 e. The Kier molecular flexibility index (Phi) is 5.62. The number of thioether (sulfide) groups is 1. The van der Waals surface area contributed by atoms with Crippen LogP contribution in [0, 0.1) is 5.92 Å². The van der Waals surface area contributed by atoms with Crippen molar-refractivity contribution in [3.8, 4) is 0 Å². The second kappa shape index (κ2) is 6.50. The van der Waals surface area contributed by atoms with E-state index in [9.17, 15) is 4.79 Å². The van der Waals surface area contributed by atoms with Crippen LogP contribution >= 0.6 is 11.8 Å². The molecule has 0 spiro atoms. The molecule has 0 bridgehead atoms. The van der Waals surface area contributed by atoms with Crippen molar-refractivity contribution in [2.75, 3.05) is 18.6 Å². The Labute approximate surface area is 103 Å². The van der Waals surface area contributed by atoms with Gasteiger partial charge in [0.2, 0.25) is 5.91 Å². The van der Waals surface area contributed by atoms with Crippen LogP contribution < -0.4 is 5.32 Å². The number of hydrogen-bond acceptors (Lipinski definition) is 3. The standard InChI is InChI=1S/C12H24N2OS/c1-9(2)8-11-12(15)14(10(3)13-11)6-5-7-16-4/h9-11,13H,5-8H2,1-4H3. The Morgan fingerprint density at radius 1 is 1.50 bits per heavy atom. The molecule has 2 atom stereocenters. The number of nitrogens with zero attached hydrogens (tertiary/aromatic N) is 1. The highest BCUT2D eigenvalue weighted by Crippen LogP contribution is 2.17. The minimum atomic E-state index is 0.0456. The number of carbonyl (C=O) groups is 1. The Balaban J connectivity index is 2.43. The van der Waals surface area contributed by atoms with Crippen LogP contribution in [0.4, 0.5) is 0 Å². The van der Waals surface area contributed by atoms with Gasteiger partial charge in [-0.3, -0.25) is 10.1 Å². The number of amides is 1. The zero-order valence-corrected chi connectivity index (χ0v) is 11.6. The fourth-order valence-corrected chi connectivity index (χ4v) is 2.58. The molecule has 1 aliphatic heterocycles. The van der Waals surface area contributed by atoms with Crippen LogP contribution in [-0.2, 0) is 4.79 Å². The first-order chi connectivity index (χ1) is 7.56. The second-order valence-corrected chi connectivity index (χ2v) is 5.89. The summed E-state index contributed by atoms with van der Waals surface area (Å²) in [6, 6.07) is 0.0456. The SMILES string of the molecule is CSCCCN1C(=O)C(CC(C)C)NC1C. The maximum atomic E-state index is 12.1. The number of rotatable bonds is 6. The summed E-state index contributed by atoms with van der Waals surface area (Å²) in [5, 5.41) is 3.38. The van der Waals surface area contributed by atoms with E-state index < -0.39 is 0 Å². The highest BCUT2D eigenvalue weighted by atomic mass is 32.2. The zero-order valence-electron chi connectivity index (χ0n) is 10.8. The summed E-state index contributed by atoms with van der Waals surface area (Å²) in [5.41, 5.74) is 0. The lowest BCUT2D eigenvalue weighted by Crippen LogP contribution is -2.35. The first kappa shape index (κ1) is 13.8. The van der Waals surface area contributed by atoms with Gasteiger partial charge < -0.3 is 4.90 Å². The van der Waals surface area contributed by atoms with Gasteiger partial charge in [0.05, 0.1) is 12.2 Å². The highest BCUT2D eigenvalue weighted by Gasteiger charge is 2.35. The van der Waals surface area contributed by atoms with E-state index in [1.165, 1.54) is 0 Å². The molecule has 0 radical (unpaired) electrons. The molecule has 1 N–H and O–H groups in total. The normalized spacial score (nSPS) is 25.8. The summed E-state index contributed by atoms with van der Waals surface area (Å²) in [7, 11) is 0. The molecule has 1 amide bonds. The summed E-state index contributed by atoms with van der Waals surface area (Å²) < 4.78 is 0. The highest BCUT2D eigenvalue weighted by molar-refractivity contribution is 7.98. The van der Waals surface area contributed by atoms with Gasteiger partial charge in [0.15, 0.2) is 0 Å². The van der Waals surface area contributed by atoms with Crippen LogP contribution in [0.15, 0.2) is 0 Å². The third-order valence-electron chi connectivity index (χ3n) is 2.95. The van der Waals surface area contributed by atoms with Crippen LogP contribution in [0.1, 0.15) is 33.6 Å². The van der Waals surface area contributed by atoms with Crippen molar-refractivity contribution in [1.82, 2.24) is 10.2 Å². The van der Waals surface area contributed by atoms with Gasteiger partial charge in [-0.15, -0.1) is 0 Å². The average molecular weight is 244 g/mol. The number of nitrogens with one attached hydrogen (secondary N) is 1. The van der Waals surface area contributed by atoms with Gasteiger partial charge in [-0.1, -0.05) is 13.8 Å². The largest absolute Gasteiger partial charge is 0.326 e. The van der Waals surface area contributed by atoms with Crippen molar-refractivity contribution in [3.63, 3.8) is 0 Å². The molecular formula is C12H24N2OS. The van der Waals surface area contributed by atoms with Gasteiger partial charge in [0, 0.05) is 6.54 Å². The van der Waals surface area contributed by atoms with E-state index in [1.807, 2.05) is 16.7 Å². The molecule has 0 aromatic rings. The molecule has 3 nitrogen and oxygen atoms in total. The fourth-order valence-electron chi connectivity index (χ4n) is 2.17. The van der Waals surface area contributed by atoms with E-state index in [4.69, 9.17) is 0 Å². The third-order valence-corrected chi connectivity index (χ3v) is 3.64. The summed E-state index contributed by atoms with van der Waals surface area (Å²) >= 11 is 1.84. The number of carbonyl (C=O) groups excluding carboxylic acids is 1. The Morgan fingerprint density at radius 3 is 2.75 bits per heavy atom. The Morgan fingerprint density at radius 2 is 2.19 bits per heavy atom. The summed E-state index contributed by atoms with van der Waals surface area (Å²) in [4.78, 5) is 14.1. The molecule has 0 saturated carbocycles. The lowest BCUT2D eigenvalue weighted by atomic mass is 10.0. The molecule has 1 rings (SSSR count). The van der Waals surface area contributed by atoms with E-state index >= 15 is 0 Å². The zero-order chi connectivity index (χ0) is 12.1. The lowest BCUT2D eigenvalue weighted by Gasteiger charge is -2.20. The van der Waals surface area contributed by atoms with Gasteiger partial charge in [0.25, 0.3) is 0 Å². The summed E-state index contributed by atoms with van der Waals surface area (Å²) in [5.74, 6) is 1.99. The molecule has 1 heterocycles. The molecule has 0 aromatic heterocycles. The van der Waals surface area contributed by atoms with E-state index in [1.54, 1.807) is 0 Å². The maximum absolute atomic E-state index is 12.1. The van der Waals surface area contributed by atoms with E-state index in [-0.39, 0.29) is 12.2 Å². The quantitative estimate of drug-likeness (QED) is 0.725. The predicted molar refractivity (Wildman–Crippen MR) is 70.6 cm³/mol. The third kappa shape index (κ3) is 3.67. The minimum absolute atomic E-state index is 0.0456. The average Bonchev–Trinajstić information content (AvgIpc) is 2.45. The van der Waals surface area contributed by atoms with Crippen molar-refractivity contribution in [2.24, 2.45) is 5.92 Å². The Bertz CT molecular complexity index is 233. The van der Waals surface area contributed by atoms with Gasteiger partial charge in [-0.2, -0.15) is 11.8 Å². The van der Waals surface area contributed by atoms with Crippen LogP contribution in [0.5, 0.6) is 0 Å². The minimum Gasteiger partial charge on any atom is -0.326 e. The summed E-state index contributed by atoms with van der Waals surface area (Å²) in [6.07, 6.45) is 4.35. The Hall–Kier alpha value is -0.220. The van der Waals surface area contributed by atoms with E-state index in [0.717, 1.165) is 25.1 Å². The summed E-state index contributed by atoms with van der Waals surface area (Å²) in [6.45, 7) is 7.30. The monoisotopic (exact) mass is 244 g/mol. The molecule has 1 saturated heterocycles. The van der Waals surface area contributed by atoms with E-state index in [0.29, 0.717) is 11.8 Å². The van der Waals surface area contributed by atoms with Gasteiger partial charge in [0.1, 0.15) is 0 Å². The predicted octanol–water partition coefficient (Wildman–Crippen LogP) is 1.93. The van der Waals surface area contributed by atoms with Crippen molar-refractivity contribution < 1.29 is 4.79 Å².